The summed E-state index contributed by atoms with van der Waals surface area (Å²) >= 11 is 1.39. The van der Waals surface area contributed by atoms with Crippen LogP contribution in [0.2, 0.25) is 0 Å². The lowest BCUT2D eigenvalue weighted by Gasteiger charge is -2.27. The van der Waals surface area contributed by atoms with Gasteiger partial charge in [0.25, 0.3) is 0 Å². The van der Waals surface area contributed by atoms with Crippen LogP contribution in [0.3, 0.4) is 0 Å². The molecule has 1 aromatic heterocycles. The summed E-state index contributed by atoms with van der Waals surface area (Å²) in [6.07, 6.45) is -1.13. The van der Waals surface area contributed by atoms with Gasteiger partial charge in [-0.15, -0.1) is 0 Å². The van der Waals surface area contributed by atoms with E-state index in [1.54, 1.807) is 18.2 Å². The third-order valence-corrected chi connectivity index (χ3v) is 7.11. The Bertz CT molecular complexity index is 1240. The zero-order valence-corrected chi connectivity index (χ0v) is 19.2. The van der Waals surface area contributed by atoms with Gasteiger partial charge in [-0.2, -0.15) is 23.8 Å². The number of hydrogen-bond acceptors (Lipinski definition) is 4. The largest absolute Gasteiger partial charge is 0.416 e. The highest BCUT2D eigenvalue weighted by atomic mass is 32.3. The van der Waals surface area contributed by atoms with E-state index in [9.17, 15) is 22.3 Å². The highest BCUT2D eigenvalue weighted by Crippen LogP contribution is 2.44. The van der Waals surface area contributed by atoms with Gasteiger partial charge in [0.05, 0.1) is 16.2 Å². The molecule has 172 valence electrons. The molecule has 2 N–H and O–H groups in total. The van der Waals surface area contributed by atoms with E-state index in [1.807, 2.05) is 47.2 Å². The van der Waals surface area contributed by atoms with Gasteiger partial charge < -0.3 is 0 Å². The van der Waals surface area contributed by atoms with Crippen LogP contribution in [0.15, 0.2) is 95.1 Å². The maximum Gasteiger partial charge on any atom is 0.416 e. The summed E-state index contributed by atoms with van der Waals surface area (Å²) in [5.41, 5.74) is 2.42. The van der Waals surface area contributed by atoms with E-state index in [2.05, 4.69) is 0 Å². The number of alkyl halides is 3. The molecule has 0 saturated carbocycles. The molecule has 4 nitrogen and oxygen atoms in total. The van der Waals surface area contributed by atoms with Gasteiger partial charge >= 0.3 is 6.18 Å². The second-order valence-corrected chi connectivity index (χ2v) is 10.5. The zero-order valence-electron chi connectivity index (χ0n) is 17.5. The van der Waals surface area contributed by atoms with Gasteiger partial charge in [0.2, 0.25) is 0 Å². The van der Waals surface area contributed by atoms with Crippen molar-refractivity contribution in [2.45, 2.75) is 22.0 Å². The predicted octanol–water partition coefficient (Wildman–Crippen LogP) is 7.59. The molecule has 0 aliphatic rings. The van der Waals surface area contributed by atoms with Crippen molar-refractivity contribution in [3.05, 3.63) is 96.2 Å². The van der Waals surface area contributed by atoms with Crippen molar-refractivity contribution in [2.24, 2.45) is 0 Å². The molecule has 0 unspecified atom stereocenters. The lowest BCUT2D eigenvalue weighted by atomic mass is 10.1. The molecule has 3 aromatic carbocycles. The first-order valence-corrected chi connectivity index (χ1v) is 12.8. The van der Waals surface area contributed by atoms with Crippen LogP contribution in [-0.2, 0) is 11.9 Å². The molecule has 0 bridgehead atoms. The van der Waals surface area contributed by atoms with E-state index in [1.165, 1.54) is 30.2 Å². The number of imidazole rings is 1. The van der Waals surface area contributed by atoms with E-state index in [0.717, 1.165) is 29.0 Å². The van der Waals surface area contributed by atoms with Crippen molar-refractivity contribution in [1.82, 2.24) is 9.55 Å². The molecule has 0 amide bonds. The quantitative estimate of drug-likeness (QED) is 0.273. The molecule has 4 aromatic rings. The Labute approximate surface area is 195 Å². The van der Waals surface area contributed by atoms with Gasteiger partial charge in [-0.1, -0.05) is 60.3 Å². The molecule has 0 aliphatic carbocycles. The fraction of sp³-hybridized carbons (Fsp3) is 0.125. The molecular weight excluding hydrogens is 469 g/mol. The smallest absolute Gasteiger partial charge is 0.295 e. The van der Waals surface area contributed by atoms with Crippen molar-refractivity contribution in [1.29, 1.82) is 0 Å². The van der Waals surface area contributed by atoms with Gasteiger partial charge in [0.1, 0.15) is 0 Å². The van der Waals surface area contributed by atoms with Crippen LogP contribution in [0.4, 0.5) is 13.2 Å². The monoisotopic (exact) mass is 490 g/mol. The number of nitrogens with zero attached hydrogens (tertiary/aromatic N) is 2. The summed E-state index contributed by atoms with van der Waals surface area (Å²) in [6.45, 7) is 0. The Morgan fingerprint density at radius 2 is 1.64 bits per heavy atom. The minimum Gasteiger partial charge on any atom is -0.295 e. The number of rotatable bonds is 6. The van der Waals surface area contributed by atoms with Crippen LogP contribution in [0.1, 0.15) is 11.1 Å². The maximum atomic E-state index is 12.8. The molecular formula is C24H21F3N2O2S2. The lowest BCUT2D eigenvalue weighted by molar-refractivity contribution is -0.137. The van der Waals surface area contributed by atoms with Crippen LogP contribution in [0.5, 0.6) is 0 Å². The summed E-state index contributed by atoms with van der Waals surface area (Å²) < 4.78 is 60.5. The van der Waals surface area contributed by atoms with Gasteiger partial charge in [-0.3, -0.25) is 13.7 Å². The standard InChI is InChI=1S/C24H21F3N2O2S2/c1-33(30,31)21-9-5-8-20(14-21)29-15-22(18-6-3-2-4-7-18)28-23(29)32-16-17-10-12-19(13-11-17)24(25,26)27/h2-15,30-31H,16H2,1H3. The molecule has 4 rings (SSSR count). The van der Waals surface area contributed by atoms with Crippen molar-refractivity contribution < 1.29 is 22.3 Å². The minimum atomic E-state index is -4.37. The topological polar surface area (TPSA) is 58.3 Å². The molecule has 0 radical (unpaired) electrons. The molecule has 0 atom stereocenters. The van der Waals surface area contributed by atoms with E-state index >= 15 is 0 Å². The summed E-state index contributed by atoms with van der Waals surface area (Å²) in [4.78, 5) is 5.16. The van der Waals surface area contributed by atoms with Crippen LogP contribution in [0, 0.1) is 0 Å². The summed E-state index contributed by atoms with van der Waals surface area (Å²) in [5.74, 6) is 0.423. The summed E-state index contributed by atoms with van der Waals surface area (Å²) in [7, 11) is -2.90. The molecule has 33 heavy (non-hydrogen) atoms. The van der Waals surface area contributed by atoms with Crippen molar-refractivity contribution in [2.75, 3.05) is 6.26 Å². The van der Waals surface area contributed by atoms with Gasteiger partial charge in [-0.25, -0.2) is 4.98 Å². The molecule has 0 saturated heterocycles. The average Bonchev–Trinajstić information content (AvgIpc) is 3.22. The van der Waals surface area contributed by atoms with E-state index in [4.69, 9.17) is 4.98 Å². The van der Waals surface area contributed by atoms with Crippen molar-refractivity contribution >= 4 is 22.4 Å². The van der Waals surface area contributed by atoms with Crippen LogP contribution < -0.4 is 0 Å². The van der Waals surface area contributed by atoms with Crippen LogP contribution in [-0.4, -0.2) is 24.9 Å². The van der Waals surface area contributed by atoms with Crippen molar-refractivity contribution in [3.63, 3.8) is 0 Å². The normalized spacial score (nSPS) is 12.7. The van der Waals surface area contributed by atoms with E-state index in [0.29, 0.717) is 21.5 Å². The molecule has 1 heterocycles. The molecule has 0 spiro atoms. The molecule has 0 aliphatic heterocycles. The second kappa shape index (κ2) is 9.26. The van der Waals surface area contributed by atoms with E-state index < -0.39 is 22.3 Å². The number of benzene rings is 3. The molecule has 0 fully saturated rings. The maximum absolute atomic E-state index is 12.8. The third-order valence-electron chi connectivity index (χ3n) is 4.93. The summed E-state index contributed by atoms with van der Waals surface area (Å²) in [5, 5.41) is 0.637. The zero-order chi connectivity index (χ0) is 23.6. The highest BCUT2D eigenvalue weighted by Gasteiger charge is 2.29. The SMILES string of the molecule is CS(O)(O)c1cccc(-n2cc(-c3ccccc3)nc2SCc2ccc(C(F)(F)F)cc2)c1. The number of halogens is 3. The van der Waals surface area contributed by atoms with Crippen molar-refractivity contribution in [3.8, 4) is 16.9 Å². The first-order chi connectivity index (χ1) is 15.6. The van der Waals surface area contributed by atoms with E-state index in [-0.39, 0.29) is 0 Å². The summed E-state index contributed by atoms with van der Waals surface area (Å²) in [6, 6.07) is 21.6. The number of hydrogen-bond donors (Lipinski definition) is 2. The highest BCUT2D eigenvalue weighted by molar-refractivity contribution is 8.23. The fourth-order valence-electron chi connectivity index (χ4n) is 3.21. The number of thioether (sulfide) groups is 1. The Morgan fingerprint density at radius 3 is 2.27 bits per heavy atom. The fourth-order valence-corrected chi connectivity index (χ4v) is 4.84. The Balaban J connectivity index is 1.67. The Hall–Kier alpha value is -2.72. The van der Waals surface area contributed by atoms with Gasteiger partial charge in [-0.05, 0) is 35.9 Å². The first kappa shape index (κ1) is 23.4. The lowest BCUT2D eigenvalue weighted by Crippen LogP contribution is -2.04. The Kier molecular flexibility index (Phi) is 6.58. The van der Waals surface area contributed by atoms with Gasteiger partial charge in [0, 0.05) is 29.5 Å². The van der Waals surface area contributed by atoms with Gasteiger partial charge in [0.15, 0.2) is 5.16 Å². The Morgan fingerprint density at radius 1 is 0.939 bits per heavy atom. The molecule has 9 heteroatoms. The average molecular weight is 491 g/mol. The first-order valence-electron chi connectivity index (χ1n) is 9.89. The van der Waals surface area contributed by atoms with Crippen LogP contribution in [0.25, 0.3) is 16.9 Å². The number of aromatic nitrogens is 2. The minimum absolute atomic E-state index is 0.411. The third kappa shape index (κ3) is 5.62. The second-order valence-electron chi connectivity index (χ2n) is 7.46. The van der Waals surface area contributed by atoms with Crippen LogP contribution >= 0.6 is 22.4 Å². The predicted molar refractivity (Wildman–Crippen MR) is 127 cm³/mol.